The van der Waals surface area contributed by atoms with Gasteiger partial charge >= 0.3 is 12.0 Å². The first-order valence-corrected chi connectivity index (χ1v) is 5.76. The molecule has 1 aliphatic heterocycles. The maximum atomic E-state index is 5.10. The summed E-state index contributed by atoms with van der Waals surface area (Å²) >= 11 is 0. The summed E-state index contributed by atoms with van der Waals surface area (Å²) in [6, 6.07) is 0.424. The van der Waals surface area contributed by atoms with Crippen LogP contribution in [0.1, 0.15) is 25.1 Å². The Balaban J connectivity index is 0.00000144. The molecule has 0 bridgehead atoms. The molecule has 0 unspecified atom stereocenters. The molecular formula is C11H19ClN4O. The van der Waals surface area contributed by atoms with Gasteiger partial charge in [0.15, 0.2) is 0 Å². The van der Waals surface area contributed by atoms with E-state index in [9.17, 15) is 0 Å². The number of rotatable bonds is 2. The van der Waals surface area contributed by atoms with E-state index in [1.807, 2.05) is 6.92 Å². The first-order valence-electron chi connectivity index (χ1n) is 5.76. The number of aryl methyl sites for hydroxylation is 1. The third-order valence-electron chi connectivity index (χ3n) is 3.18. The largest absolute Gasteiger partial charge is 1.00 e. The van der Waals surface area contributed by atoms with Crippen LogP contribution < -0.4 is 21.6 Å². The van der Waals surface area contributed by atoms with Crippen LogP contribution in [0.5, 0.6) is 6.01 Å². The van der Waals surface area contributed by atoms with Gasteiger partial charge < -0.3 is 17.1 Å². The fourth-order valence-corrected chi connectivity index (χ4v) is 2.19. The van der Waals surface area contributed by atoms with Gasteiger partial charge in [-0.05, 0) is 26.2 Å². The molecule has 0 spiro atoms. The number of hydrogen-bond acceptors (Lipinski definition) is 4. The van der Waals surface area contributed by atoms with Gasteiger partial charge in [-0.3, -0.25) is 4.48 Å². The Kier molecular flexibility index (Phi) is 4.65. The van der Waals surface area contributed by atoms with Gasteiger partial charge in [0.05, 0.1) is 27.2 Å². The quantitative estimate of drug-likeness (QED) is 0.595. The van der Waals surface area contributed by atoms with Crippen molar-refractivity contribution < 1.29 is 17.1 Å². The van der Waals surface area contributed by atoms with Gasteiger partial charge in [0.25, 0.3) is 0 Å². The van der Waals surface area contributed by atoms with E-state index < -0.39 is 0 Å². The summed E-state index contributed by atoms with van der Waals surface area (Å²) in [7, 11) is 3.78. The van der Waals surface area contributed by atoms with Gasteiger partial charge in [-0.15, -0.1) is 4.98 Å². The van der Waals surface area contributed by atoms with Gasteiger partial charge in [-0.1, -0.05) is 0 Å². The molecule has 0 amide bonds. The molecule has 1 aromatic heterocycles. The predicted molar refractivity (Wildman–Crippen MR) is 62.4 cm³/mol. The third-order valence-corrected chi connectivity index (χ3v) is 3.18. The minimum atomic E-state index is 0. The number of ether oxygens (including phenoxy) is 1. The zero-order chi connectivity index (χ0) is 11.6. The topological polar surface area (TPSA) is 47.9 Å². The Morgan fingerprint density at radius 2 is 1.71 bits per heavy atom. The lowest BCUT2D eigenvalue weighted by molar-refractivity contribution is -0.00000434. The number of piperidine rings is 1. The van der Waals surface area contributed by atoms with E-state index in [-0.39, 0.29) is 12.4 Å². The number of hydrogen-bond donors (Lipinski definition) is 0. The highest BCUT2D eigenvalue weighted by Gasteiger charge is 2.31. The molecule has 1 fully saturated rings. The van der Waals surface area contributed by atoms with Crippen LogP contribution in [0.4, 0.5) is 5.95 Å². The predicted octanol–water partition coefficient (Wildman–Crippen LogP) is -1.69. The van der Waals surface area contributed by atoms with E-state index in [1.165, 1.54) is 19.3 Å². The smallest absolute Gasteiger partial charge is 0.335 e. The van der Waals surface area contributed by atoms with Crippen LogP contribution in [-0.4, -0.2) is 42.2 Å². The molecule has 0 N–H and O–H groups in total. The number of likely N-dealkylation sites (tertiary alicyclic amines) is 1. The number of halogens is 1. The van der Waals surface area contributed by atoms with Crippen LogP contribution in [-0.2, 0) is 0 Å². The van der Waals surface area contributed by atoms with E-state index in [4.69, 9.17) is 4.74 Å². The van der Waals surface area contributed by atoms with Crippen LogP contribution in [0.2, 0.25) is 0 Å². The van der Waals surface area contributed by atoms with Gasteiger partial charge in [-0.25, -0.2) is 0 Å². The zero-order valence-corrected chi connectivity index (χ0v) is 11.4. The normalized spacial score (nSPS) is 18.3. The number of methoxy groups -OCH3 is 1. The number of nitrogens with zero attached hydrogens (tertiary/aromatic N) is 4. The molecule has 1 aromatic rings. The minimum absolute atomic E-state index is 0. The van der Waals surface area contributed by atoms with Gasteiger partial charge in [-0.2, -0.15) is 9.97 Å². The second-order valence-corrected chi connectivity index (χ2v) is 4.57. The van der Waals surface area contributed by atoms with Crippen molar-refractivity contribution in [2.45, 2.75) is 26.2 Å². The molecule has 2 rings (SSSR count). The standard InChI is InChI=1S/C11H19N4O.ClH/c1-9-12-10(14-11(13-9)16-3)15(2)7-5-4-6-8-15;/h4-8H2,1-3H3;1H/q+1;/p-1. The Bertz CT molecular complexity index is 380. The molecule has 1 saturated heterocycles. The van der Waals surface area contributed by atoms with E-state index >= 15 is 0 Å². The Morgan fingerprint density at radius 1 is 1.06 bits per heavy atom. The average molecular weight is 259 g/mol. The minimum Gasteiger partial charge on any atom is -1.00 e. The van der Waals surface area contributed by atoms with Crippen molar-refractivity contribution in [3.63, 3.8) is 0 Å². The molecule has 0 radical (unpaired) electrons. The van der Waals surface area contributed by atoms with E-state index in [0.717, 1.165) is 29.3 Å². The monoisotopic (exact) mass is 258 g/mol. The molecule has 1 aliphatic rings. The second-order valence-electron chi connectivity index (χ2n) is 4.57. The van der Waals surface area contributed by atoms with Crippen LogP contribution in [0.15, 0.2) is 0 Å². The highest BCUT2D eigenvalue weighted by Crippen LogP contribution is 2.23. The summed E-state index contributed by atoms with van der Waals surface area (Å²) in [5, 5.41) is 0. The molecule has 0 aromatic carbocycles. The SMILES string of the molecule is COc1nc(C)nc([N+]2(C)CCCCC2)n1.[Cl-]. The van der Waals surface area contributed by atoms with Crippen LogP contribution in [0, 0.1) is 6.92 Å². The molecule has 0 saturated carbocycles. The van der Waals surface area contributed by atoms with Crippen molar-refractivity contribution in [3.8, 4) is 6.01 Å². The molecule has 17 heavy (non-hydrogen) atoms. The summed E-state index contributed by atoms with van der Waals surface area (Å²) in [4.78, 5) is 12.9. The second kappa shape index (κ2) is 5.60. The number of quaternary nitrogens is 1. The molecule has 0 atom stereocenters. The van der Waals surface area contributed by atoms with Gasteiger partial charge in [0, 0.05) is 0 Å². The first-order chi connectivity index (χ1) is 7.64. The maximum absolute atomic E-state index is 5.10. The van der Waals surface area contributed by atoms with Gasteiger partial charge in [0.1, 0.15) is 5.82 Å². The van der Waals surface area contributed by atoms with Crippen molar-refractivity contribution in [2.75, 3.05) is 27.2 Å². The molecule has 0 aliphatic carbocycles. The molecule has 5 nitrogen and oxygen atoms in total. The van der Waals surface area contributed by atoms with Crippen LogP contribution >= 0.6 is 0 Å². The fourth-order valence-electron chi connectivity index (χ4n) is 2.19. The fraction of sp³-hybridized carbons (Fsp3) is 0.727. The zero-order valence-electron chi connectivity index (χ0n) is 10.6. The Labute approximate surface area is 108 Å². The summed E-state index contributed by atoms with van der Waals surface area (Å²) in [6.45, 7) is 4.09. The number of aromatic nitrogens is 3. The molecule has 6 heteroatoms. The average Bonchev–Trinajstić information content (AvgIpc) is 2.29. The van der Waals surface area contributed by atoms with Gasteiger partial charge in [0.2, 0.25) is 0 Å². The van der Waals surface area contributed by atoms with E-state index in [2.05, 4.69) is 22.0 Å². The highest BCUT2D eigenvalue weighted by atomic mass is 35.5. The molecule has 96 valence electrons. The molecule has 2 heterocycles. The van der Waals surface area contributed by atoms with E-state index in [1.54, 1.807) is 7.11 Å². The van der Waals surface area contributed by atoms with Crippen LogP contribution in [0.3, 0.4) is 0 Å². The van der Waals surface area contributed by atoms with Crippen molar-refractivity contribution in [2.24, 2.45) is 0 Å². The lowest BCUT2D eigenvalue weighted by Crippen LogP contribution is -3.00. The highest BCUT2D eigenvalue weighted by molar-refractivity contribution is 5.26. The summed E-state index contributed by atoms with van der Waals surface area (Å²) in [5.41, 5.74) is 0. The lowest BCUT2D eigenvalue weighted by Gasteiger charge is -2.34. The van der Waals surface area contributed by atoms with Crippen molar-refractivity contribution in [3.05, 3.63) is 5.82 Å². The molecular weight excluding hydrogens is 240 g/mol. The van der Waals surface area contributed by atoms with Crippen LogP contribution in [0.25, 0.3) is 0 Å². The van der Waals surface area contributed by atoms with Crippen molar-refractivity contribution in [1.82, 2.24) is 19.4 Å². The van der Waals surface area contributed by atoms with Crippen molar-refractivity contribution >= 4 is 5.95 Å². The summed E-state index contributed by atoms with van der Waals surface area (Å²) in [5.74, 6) is 1.57. The summed E-state index contributed by atoms with van der Waals surface area (Å²) < 4.78 is 5.90. The summed E-state index contributed by atoms with van der Waals surface area (Å²) in [6.07, 6.45) is 3.79. The Hall–Kier alpha value is -0.940. The van der Waals surface area contributed by atoms with Crippen molar-refractivity contribution in [1.29, 1.82) is 0 Å². The Morgan fingerprint density at radius 3 is 2.29 bits per heavy atom. The first kappa shape index (κ1) is 14.1. The lowest BCUT2D eigenvalue weighted by atomic mass is 10.1. The third kappa shape index (κ3) is 3.04. The maximum Gasteiger partial charge on any atom is 0.335 e. The van der Waals surface area contributed by atoms with E-state index in [0.29, 0.717) is 6.01 Å².